The third kappa shape index (κ3) is 3.97. The molecule has 170 valence electrons. The first-order valence-corrected chi connectivity index (χ1v) is 11.5. The lowest BCUT2D eigenvalue weighted by Crippen LogP contribution is -2.28. The average Bonchev–Trinajstić information content (AvgIpc) is 3.18. The number of rotatable bonds is 5. The van der Waals surface area contributed by atoms with E-state index in [1.54, 1.807) is 11.9 Å². The van der Waals surface area contributed by atoms with Gasteiger partial charge in [0.05, 0.1) is 6.61 Å². The summed E-state index contributed by atoms with van der Waals surface area (Å²) in [6.45, 7) is 2.47. The maximum atomic E-state index is 13.2. The minimum absolute atomic E-state index is 0.00831. The maximum Gasteiger partial charge on any atom is 0.410 e. The number of carbonyl (C=O) groups is 1. The van der Waals surface area contributed by atoms with Crippen molar-refractivity contribution in [3.63, 3.8) is 0 Å². The third-order valence-corrected chi connectivity index (χ3v) is 6.47. The molecule has 0 unspecified atom stereocenters. The largest absolute Gasteiger partial charge is 0.436 e. The number of hydrogen-bond acceptors (Lipinski definition) is 3. The lowest BCUT2D eigenvalue weighted by molar-refractivity contribution is 0.0844. The van der Waals surface area contributed by atoms with E-state index in [1.807, 2.05) is 72.8 Å². The van der Waals surface area contributed by atoms with E-state index in [-0.39, 0.29) is 12.7 Å². The maximum absolute atomic E-state index is 13.2. The van der Waals surface area contributed by atoms with Crippen LogP contribution in [-0.2, 0) is 17.9 Å². The average molecular weight is 450 g/mol. The number of ether oxygens (including phenoxy) is 1. The van der Waals surface area contributed by atoms with Crippen LogP contribution in [0.15, 0.2) is 91.0 Å². The first-order chi connectivity index (χ1) is 16.6. The van der Waals surface area contributed by atoms with E-state index < -0.39 is 6.10 Å². The number of nitrogens with zero attached hydrogens (tertiary/aromatic N) is 1. The second-order valence-corrected chi connectivity index (χ2v) is 8.76. The van der Waals surface area contributed by atoms with Gasteiger partial charge in [0.25, 0.3) is 0 Å². The summed E-state index contributed by atoms with van der Waals surface area (Å²) in [5.74, 6) is 0. The zero-order valence-electron chi connectivity index (χ0n) is 19.4. The van der Waals surface area contributed by atoms with Crippen molar-refractivity contribution in [2.45, 2.75) is 26.2 Å². The molecule has 0 fully saturated rings. The molecule has 0 heterocycles. The minimum atomic E-state index is -0.416. The van der Waals surface area contributed by atoms with Gasteiger partial charge in [-0.15, -0.1) is 0 Å². The summed E-state index contributed by atoms with van der Waals surface area (Å²) in [6.07, 6.45) is -0.784. The molecule has 0 saturated carbocycles. The van der Waals surface area contributed by atoms with Gasteiger partial charge in [0.2, 0.25) is 0 Å². The monoisotopic (exact) mass is 449 g/mol. The predicted molar refractivity (Wildman–Crippen MR) is 134 cm³/mol. The van der Waals surface area contributed by atoms with Crippen molar-refractivity contribution in [3.8, 4) is 22.3 Å². The number of fused-ring (bicyclic) bond motifs is 3. The fraction of sp³-hybridized carbons (Fsp3) is 0.167. The van der Waals surface area contributed by atoms with Gasteiger partial charge in [-0.25, -0.2) is 4.79 Å². The van der Waals surface area contributed by atoms with E-state index in [0.29, 0.717) is 6.54 Å². The van der Waals surface area contributed by atoms with E-state index in [4.69, 9.17) is 4.74 Å². The van der Waals surface area contributed by atoms with Gasteiger partial charge in [-0.1, -0.05) is 84.9 Å². The SMILES string of the molecule is Cc1cccc(CN(C)C(=O)OC2c3ccccc3-c3ccccc32)c1-c1cccc(CO)c1. The Morgan fingerprint density at radius 1 is 0.882 bits per heavy atom. The standard InChI is InChI=1S/C30H27NO3/c1-20-9-7-12-23(28(20)22-11-8-10-21(17-22)19-32)18-31(2)30(33)34-29-26-15-5-3-13-24(26)25-14-4-6-16-27(25)29/h3-17,29,32H,18-19H2,1-2H3. The summed E-state index contributed by atoms with van der Waals surface area (Å²) in [5.41, 5.74) is 9.37. The second-order valence-electron chi connectivity index (χ2n) is 8.76. The molecule has 0 aromatic heterocycles. The zero-order valence-corrected chi connectivity index (χ0v) is 19.4. The highest BCUT2D eigenvalue weighted by Crippen LogP contribution is 2.45. The van der Waals surface area contributed by atoms with Gasteiger partial charge in [-0.2, -0.15) is 0 Å². The zero-order chi connectivity index (χ0) is 23.7. The molecule has 1 amide bonds. The van der Waals surface area contributed by atoms with E-state index in [2.05, 4.69) is 25.1 Å². The van der Waals surface area contributed by atoms with Crippen molar-refractivity contribution in [3.05, 3.63) is 119 Å². The van der Waals surface area contributed by atoms with Crippen molar-refractivity contribution in [1.29, 1.82) is 0 Å². The lowest BCUT2D eigenvalue weighted by atomic mass is 9.94. The van der Waals surface area contributed by atoms with Crippen LogP contribution in [0.2, 0.25) is 0 Å². The Hall–Kier alpha value is -3.89. The Bertz CT molecular complexity index is 1320. The molecule has 0 spiro atoms. The van der Waals surface area contributed by atoms with Gasteiger partial charge in [0, 0.05) is 24.7 Å². The van der Waals surface area contributed by atoms with Crippen LogP contribution in [0.1, 0.15) is 33.9 Å². The summed E-state index contributed by atoms with van der Waals surface area (Å²) in [6, 6.07) is 30.2. The molecule has 1 aliphatic carbocycles. The molecular formula is C30H27NO3. The van der Waals surface area contributed by atoms with Gasteiger partial charge in [0.15, 0.2) is 6.10 Å². The number of aryl methyl sites for hydroxylation is 1. The Kier molecular flexibility index (Phi) is 5.91. The molecule has 1 aliphatic rings. The van der Waals surface area contributed by atoms with Crippen molar-refractivity contribution in [2.24, 2.45) is 0 Å². The summed E-state index contributed by atoms with van der Waals surface area (Å²) < 4.78 is 6.06. The van der Waals surface area contributed by atoms with Crippen LogP contribution in [-0.4, -0.2) is 23.1 Å². The smallest absolute Gasteiger partial charge is 0.410 e. The first kappa shape index (κ1) is 21.9. The molecule has 0 saturated heterocycles. The summed E-state index contributed by atoms with van der Waals surface area (Å²) in [4.78, 5) is 14.8. The van der Waals surface area contributed by atoms with Gasteiger partial charge in [0.1, 0.15) is 0 Å². The second kappa shape index (κ2) is 9.16. The van der Waals surface area contributed by atoms with E-state index in [9.17, 15) is 9.90 Å². The Balaban J connectivity index is 1.41. The van der Waals surface area contributed by atoms with Crippen LogP contribution < -0.4 is 0 Å². The van der Waals surface area contributed by atoms with Crippen LogP contribution in [0.4, 0.5) is 4.79 Å². The van der Waals surface area contributed by atoms with Crippen LogP contribution in [0.3, 0.4) is 0 Å². The fourth-order valence-electron chi connectivity index (χ4n) is 4.85. The number of carbonyl (C=O) groups excluding carboxylic acids is 1. The number of aliphatic hydroxyl groups excluding tert-OH is 1. The van der Waals surface area contributed by atoms with E-state index in [1.165, 1.54) is 0 Å². The van der Waals surface area contributed by atoms with Crippen LogP contribution >= 0.6 is 0 Å². The summed E-state index contributed by atoms with van der Waals surface area (Å²) in [5, 5.41) is 9.57. The quantitative estimate of drug-likeness (QED) is 0.379. The fourth-order valence-corrected chi connectivity index (χ4v) is 4.85. The summed E-state index contributed by atoms with van der Waals surface area (Å²) in [7, 11) is 1.77. The normalized spacial score (nSPS) is 12.2. The number of amides is 1. The van der Waals surface area contributed by atoms with Gasteiger partial charge >= 0.3 is 6.09 Å². The molecule has 5 rings (SSSR count). The Labute approximate surface area is 200 Å². The predicted octanol–water partition coefficient (Wildman–Crippen LogP) is 6.49. The number of benzene rings is 4. The first-order valence-electron chi connectivity index (χ1n) is 11.5. The molecule has 4 nitrogen and oxygen atoms in total. The van der Waals surface area contributed by atoms with Crippen molar-refractivity contribution in [2.75, 3.05) is 7.05 Å². The van der Waals surface area contributed by atoms with Crippen LogP contribution in [0.25, 0.3) is 22.3 Å². The topological polar surface area (TPSA) is 49.8 Å². The lowest BCUT2D eigenvalue weighted by Gasteiger charge is -2.23. The molecule has 0 atom stereocenters. The van der Waals surface area contributed by atoms with Crippen molar-refractivity contribution >= 4 is 6.09 Å². The highest BCUT2D eigenvalue weighted by molar-refractivity contribution is 5.80. The molecule has 0 bridgehead atoms. The molecule has 34 heavy (non-hydrogen) atoms. The van der Waals surface area contributed by atoms with Crippen LogP contribution in [0.5, 0.6) is 0 Å². The molecule has 1 N–H and O–H groups in total. The van der Waals surface area contributed by atoms with Gasteiger partial charge in [-0.3, -0.25) is 0 Å². The van der Waals surface area contributed by atoms with Gasteiger partial charge in [-0.05, 0) is 51.9 Å². The molecular weight excluding hydrogens is 422 g/mol. The molecule has 0 radical (unpaired) electrons. The number of hydrogen-bond donors (Lipinski definition) is 1. The van der Waals surface area contributed by atoms with Gasteiger partial charge < -0.3 is 14.7 Å². The van der Waals surface area contributed by atoms with E-state index >= 15 is 0 Å². The molecule has 0 aliphatic heterocycles. The molecule has 4 heteroatoms. The number of aliphatic hydroxyl groups is 1. The van der Waals surface area contributed by atoms with Crippen LogP contribution in [0, 0.1) is 6.92 Å². The third-order valence-electron chi connectivity index (χ3n) is 6.47. The summed E-state index contributed by atoms with van der Waals surface area (Å²) >= 11 is 0. The Morgan fingerprint density at radius 2 is 1.53 bits per heavy atom. The highest BCUT2D eigenvalue weighted by Gasteiger charge is 2.32. The Morgan fingerprint density at radius 3 is 2.21 bits per heavy atom. The molecule has 4 aromatic carbocycles. The molecule has 4 aromatic rings. The van der Waals surface area contributed by atoms with Crippen molar-refractivity contribution in [1.82, 2.24) is 4.90 Å². The van der Waals surface area contributed by atoms with Crippen molar-refractivity contribution < 1.29 is 14.6 Å². The minimum Gasteiger partial charge on any atom is -0.436 e. The van der Waals surface area contributed by atoms with E-state index in [0.717, 1.165) is 50.1 Å². The highest BCUT2D eigenvalue weighted by atomic mass is 16.6.